The number of anilines is 1. The number of carbonyl (C=O) groups excluding carboxylic acids is 1. The predicted molar refractivity (Wildman–Crippen MR) is 127 cm³/mol. The van der Waals surface area contributed by atoms with Gasteiger partial charge in [-0.2, -0.15) is 0 Å². The lowest BCUT2D eigenvalue weighted by atomic mass is 9.92. The number of carbonyl (C=O) groups is 1. The molecule has 1 amide bonds. The number of hydroxylamine groups is 1. The average Bonchev–Trinajstić information content (AvgIpc) is 2.82. The van der Waals surface area contributed by atoms with E-state index in [0.717, 1.165) is 48.0 Å². The summed E-state index contributed by atoms with van der Waals surface area (Å²) in [5.41, 5.74) is 5.95. The smallest absolute Gasteiger partial charge is 0.274 e. The lowest BCUT2D eigenvalue weighted by molar-refractivity contribution is 0.0706. The number of nitrogens with zero attached hydrogens (tertiary/aromatic N) is 1. The van der Waals surface area contributed by atoms with E-state index in [9.17, 15) is 13.2 Å². The maximum absolute atomic E-state index is 12.5. The molecule has 3 aromatic rings. The summed E-state index contributed by atoms with van der Waals surface area (Å²) < 4.78 is 27.6. The molecule has 174 valence electrons. The molecular formula is C23H25ClN4O4S. The highest BCUT2D eigenvalue weighted by atomic mass is 35.5. The molecule has 8 nitrogen and oxygen atoms in total. The molecule has 4 N–H and O–H groups in total. The quantitative estimate of drug-likeness (QED) is 0.218. The topological polar surface area (TPSA) is 120 Å². The Bertz CT molecular complexity index is 1280. The standard InChI is InChI=1S/C23H25ClN4O4S/c24-16-8-11-19-21(14-16)27-20-5-2-1-4-18(20)22(19)25-12-3-13-26-33(31,32)17-9-6-15(7-10-17)23(29)28-30/h6-11,14,26,30H,1-5,12-13H2,(H,25,27)(H,28,29). The molecule has 1 heterocycles. The normalized spacial score (nSPS) is 13.5. The van der Waals surface area contributed by atoms with Crippen molar-refractivity contribution in [3.8, 4) is 0 Å². The first-order valence-electron chi connectivity index (χ1n) is 10.8. The Labute approximate surface area is 197 Å². The highest BCUT2D eigenvalue weighted by molar-refractivity contribution is 7.89. The molecule has 2 aromatic carbocycles. The molecule has 0 saturated carbocycles. The van der Waals surface area contributed by atoms with Crippen LogP contribution in [0.5, 0.6) is 0 Å². The van der Waals surface area contributed by atoms with Crippen molar-refractivity contribution < 1.29 is 18.4 Å². The minimum Gasteiger partial charge on any atom is -0.384 e. The van der Waals surface area contributed by atoms with Gasteiger partial charge in [0.15, 0.2) is 0 Å². The molecule has 0 unspecified atom stereocenters. The zero-order valence-electron chi connectivity index (χ0n) is 17.9. The molecule has 0 atom stereocenters. The summed E-state index contributed by atoms with van der Waals surface area (Å²) >= 11 is 6.17. The van der Waals surface area contributed by atoms with Crippen molar-refractivity contribution in [3.63, 3.8) is 0 Å². The van der Waals surface area contributed by atoms with Gasteiger partial charge in [-0.25, -0.2) is 18.6 Å². The molecule has 0 spiro atoms. The molecule has 4 rings (SSSR count). The molecule has 1 aliphatic carbocycles. The Morgan fingerprint density at radius 1 is 1.06 bits per heavy atom. The second kappa shape index (κ2) is 10.0. The summed E-state index contributed by atoms with van der Waals surface area (Å²) in [4.78, 5) is 16.2. The van der Waals surface area contributed by atoms with Crippen molar-refractivity contribution >= 4 is 44.1 Å². The van der Waals surface area contributed by atoms with Crippen LogP contribution in [0.1, 0.15) is 40.9 Å². The van der Waals surface area contributed by atoms with E-state index in [1.54, 1.807) is 0 Å². The van der Waals surface area contributed by atoms with E-state index in [1.165, 1.54) is 35.3 Å². The Balaban J connectivity index is 1.39. The number of aryl methyl sites for hydroxylation is 1. The SMILES string of the molecule is O=C(NO)c1ccc(S(=O)(=O)NCCCNc2c3c(nc4cc(Cl)ccc24)CCCC3)cc1. The fourth-order valence-electron chi connectivity index (χ4n) is 4.04. The molecule has 0 radical (unpaired) electrons. The van der Waals surface area contributed by atoms with Crippen LogP contribution in [0.2, 0.25) is 5.02 Å². The summed E-state index contributed by atoms with van der Waals surface area (Å²) in [5, 5.41) is 13.8. The van der Waals surface area contributed by atoms with Crippen LogP contribution in [0.25, 0.3) is 10.9 Å². The molecule has 1 aliphatic rings. The van der Waals surface area contributed by atoms with Gasteiger partial charge in [-0.3, -0.25) is 15.0 Å². The lowest BCUT2D eigenvalue weighted by Gasteiger charge is -2.22. The molecule has 0 saturated heterocycles. The number of nitrogens with one attached hydrogen (secondary N) is 3. The number of hydrogen-bond acceptors (Lipinski definition) is 6. The fourth-order valence-corrected chi connectivity index (χ4v) is 5.28. The largest absolute Gasteiger partial charge is 0.384 e. The van der Waals surface area contributed by atoms with E-state index < -0.39 is 15.9 Å². The molecule has 33 heavy (non-hydrogen) atoms. The number of hydrogen-bond donors (Lipinski definition) is 4. The number of benzene rings is 2. The zero-order chi connectivity index (χ0) is 23.4. The Morgan fingerprint density at radius 2 is 1.82 bits per heavy atom. The van der Waals surface area contributed by atoms with E-state index in [4.69, 9.17) is 21.8 Å². The van der Waals surface area contributed by atoms with Crippen molar-refractivity contribution in [1.29, 1.82) is 0 Å². The maximum atomic E-state index is 12.5. The number of amides is 1. The lowest BCUT2D eigenvalue weighted by Crippen LogP contribution is -2.26. The molecule has 0 fully saturated rings. The van der Waals surface area contributed by atoms with Crippen LogP contribution in [0, 0.1) is 0 Å². The minimum atomic E-state index is -3.71. The third-order valence-electron chi connectivity index (χ3n) is 5.70. The number of rotatable bonds is 8. The van der Waals surface area contributed by atoms with Gasteiger partial charge in [0.05, 0.1) is 10.4 Å². The summed E-state index contributed by atoms with van der Waals surface area (Å²) in [5.74, 6) is -0.703. The number of sulfonamides is 1. The van der Waals surface area contributed by atoms with Gasteiger partial charge in [0.2, 0.25) is 10.0 Å². The molecule has 0 aliphatic heterocycles. The van der Waals surface area contributed by atoms with Crippen LogP contribution in [0.15, 0.2) is 47.4 Å². The van der Waals surface area contributed by atoms with Gasteiger partial charge in [-0.05, 0) is 80.1 Å². The van der Waals surface area contributed by atoms with Crippen molar-refractivity contribution in [3.05, 3.63) is 64.3 Å². The van der Waals surface area contributed by atoms with E-state index in [1.807, 2.05) is 18.2 Å². The summed E-state index contributed by atoms with van der Waals surface area (Å²) in [6.45, 7) is 0.845. The van der Waals surface area contributed by atoms with Crippen molar-refractivity contribution in [2.24, 2.45) is 0 Å². The van der Waals surface area contributed by atoms with Gasteiger partial charge in [-0.15, -0.1) is 0 Å². The van der Waals surface area contributed by atoms with E-state index in [0.29, 0.717) is 18.0 Å². The molecule has 0 bridgehead atoms. The highest BCUT2D eigenvalue weighted by Gasteiger charge is 2.19. The van der Waals surface area contributed by atoms with Gasteiger partial charge in [0.1, 0.15) is 0 Å². The van der Waals surface area contributed by atoms with Crippen LogP contribution in [-0.2, 0) is 22.9 Å². The van der Waals surface area contributed by atoms with Crippen LogP contribution < -0.4 is 15.5 Å². The Kier molecular flexibility index (Phi) is 7.14. The minimum absolute atomic E-state index is 0.0519. The first-order valence-corrected chi connectivity index (χ1v) is 12.6. The summed E-state index contributed by atoms with van der Waals surface area (Å²) in [6, 6.07) is 11.0. The number of halogens is 1. The number of aromatic nitrogens is 1. The van der Waals surface area contributed by atoms with Crippen LogP contribution >= 0.6 is 11.6 Å². The van der Waals surface area contributed by atoms with Gasteiger partial charge in [0.25, 0.3) is 5.91 Å². The van der Waals surface area contributed by atoms with Gasteiger partial charge in [0, 0.05) is 40.4 Å². The van der Waals surface area contributed by atoms with Gasteiger partial charge >= 0.3 is 0 Å². The highest BCUT2D eigenvalue weighted by Crippen LogP contribution is 2.34. The second-order valence-electron chi connectivity index (χ2n) is 7.92. The maximum Gasteiger partial charge on any atom is 0.274 e. The molecule has 10 heteroatoms. The Morgan fingerprint density at radius 3 is 2.58 bits per heavy atom. The molecular weight excluding hydrogens is 464 g/mol. The van der Waals surface area contributed by atoms with Crippen LogP contribution in [0.3, 0.4) is 0 Å². The van der Waals surface area contributed by atoms with E-state index >= 15 is 0 Å². The van der Waals surface area contributed by atoms with E-state index in [-0.39, 0.29) is 17.0 Å². The Hall–Kier alpha value is -2.72. The van der Waals surface area contributed by atoms with E-state index in [2.05, 4.69) is 10.0 Å². The number of fused-ring (bicyclic) bond motifs is 2. The second-order valence-corrected chi connectivity index (χ2v) is 10.1. The monoisotopic (exact) mass is 488 g/mol. The number of pyridine rings is 1. The molecule has 1 aromatic heterocycles. The third kappa shape index (κ3) is 5.27. The van der Waals surface area contributed by atoms with Crippen molar-refractivity contribution in [1.82, 2.24) is 15.2 Å². The van der Waals surface area contributed by atoms with Crippen molar-refractivity contribution in [2.75, 3.05) is 18.4 Å². The zero-order valence-corrected chi connectivity index (χ0v) is 19.5. The summed E-state index contributed by atoms with van der Waals surface area (Å²) in [6.07, 6.45) is 4.75. The summed E-state index contributed by atoms with van der Waals surface area (Å²) in [7, 11) is -3.71. The first kappa shape index (κ1) is 23.4. The van der Waals surface area contributed by atoms with Gasteiger partial charge < -0.3 is 5.32 Å². The van der Waals surface area contributed by atoms with Crippen molar-refractivity contribution in [2.45, 2.75) is 37.0 Å². The fraction of sp³-hybridized carbons (Fsp3) is 0.304. The predicted octanol–water partition coefficient (Wildman–Crippen LogP) is 3.67. The first-order chi connectivity index (χ1) is 15.9. The average molecular weight is 489 g/mol. The van der Waals surface area contributed by atoms with Crippen LogP contribution in [-0.4, -0.2) is 37.6 Å². The third-order valence-corrected chi connectivity index (χ3v) is 7.41. The van der Waals surface area contributed by atoms with Gasteiger partial charge in [-0.1, -0.05) is 11.6 Å². The van der Waals surface area contributed by atoms with Crippen LogP contribution in [0.4, 0.5) is 5.69 Å².